The van der Waals surface area contributed by atoms with Crippen molar-refractivity contribution in [3.05, 3.63) is 16.1 Å². The van der Waals surface area contributed by atoms with Crippen LogP contribution < -0.4 is 5.14 Å². The van der Waals surface area contributed by atoms with E-state index in [1.165, 1.54) is 6.20 Å². The van der Waals surface area contributed by atoms with Crippen LogP contribution in [0.4, 0.5) is 0 Å². The van der Waals surface area contributed by atoms with Crippen molar-refractivity contribution in [1.82, 2.24) is 4.98 Å². The molecule has 0 saturated heterocycles. The van der Waals surface area contributed by atoms with Gasteiger partial charge in [-0.05, 0) is 0 Å². The van der Waals surface area contributed by atoms with Gasteiger partial charge in [0.05, 0.1) is 11.5 Å². The highest BCUT2D eigenvalue weighted by molar-refractivity contribution is 7.88. The largest absolute Gasteiger partial charge is 0.391 e. The first kappa shape index (κ1) is 9.59. The van der Waals surface area contributed by atoms with Crippen LogP contribution in [0.25, 0.3) is 0 Å². The van der Waals surface area contributed by atoms with E-state index in [0.29, 0.717) is 9.88 Å². The van der Waals surface area contributed by atoms with E-state index in [1.807, 2.05) is 0 Å². The molecule has 5 nitrogen and oxygen atoms in total. The predicted molar refractivity (Wildman–Crippen MR) is 44.8 cm³/mol. The molecule has 1 aromatic heterocycles. The van der Waals surface area contributed by atoms with Crippen molar-refractivity contribution >= 4 is 21.4 Å². The molecule has 0 unspecified atom stereocenters. The molecular formula is C5H8N2O3S2. The standard InChI is InChI=1S/C5H8N2O3S2/c6-12(9,10)3-5-7-1-4(2-8)11-5/h1,8H,2-3H2,(H2,6,9,10). The van der Waals surface area contributed by atoms with Crippen LogP contribution in [0.15, 0.2) is 6.20 Å². The van der Waals surface area contributed by atoms with Gasteiger partial charge in [0, 0.05) is 6.20 Å². The van der Waals surface area contributed by atoms with Crippen LogP contribution >= 0.6 is 11.3 Å². The molecule has 0 bridgehead atoms. The number of hydrogen-bond donors (Lipinski definition) is 2. The zero-order valence-electron chi connectivity index (χ0n) is 6.10. The van der Waals surface area contributed by atoms with E-state index >= 15 is 0 Å². The zero-order chi connectivity index (χ0) is 9.19. The molecule has 0 radical (unpaired) electrons. The minimum Gasteiger partial charge on any atom is -0.391 e. The van der Waals surface area contributed by atoms with Gasteiger partial charge in [0.2, 0.25) is 10.0 Å². The topological polar surface area (TPSA) is 93.3 Å². The van der Waals surface area contributed by atoms with Gasteiger partial charge in [-0.15, -0.1) is 11.3 Å². The molecule has 68 valence electrons. The Balaban J connectivity index is 2.78. The Bertz CT molecular complexity index is 357. The maximum atomic E-state index is 10.6. The number of nitrogens with two attached hydrogens (primary N) is 1. The molecule has 7 heteroatoms. The summed E-state index contributed by atoms with van der Waals surface area (Å²) in [6, 6.07) is 0. The number of hydrogen-bond acceptors (Lipinski definition) is 5. The molecule has 1 aromatic rings. The van der Waals surface area contributed by atoms with Crippen LogP contribution in [-0.2, 0) is 22.4 Å². The summed E-state index contributed by atoms with van der Waals surface area (Å²) in [5.74, 6) is -0.266. The van der Waals surface area contributed by atoms with Gasteiger partial charge in [-0.1, -0.05) is 0 Å². The van der Waals surface area contributed by atoms with E-state index in [0.717, 1.165) is 11.3 Å². The average Bonchev–Trinajstić information content (AvgIpc) is 2.32. The Morgan fingerprint density at radius 3 is 2.75 bits per heavy atom. The Kier molecular flexibility index (Phi) is 2.78. The summed E-state index contributed by atoms with van der Waals surface area (Å²) in [5, 5.41) is 13.8. The van der Waals surface area contributed by atoms with Crippen molar-refractivity contribution in [2.45, 2.75) is 12.4 Å². The molecule has 0 atom stereocenters. The van der Waals surface area contributed by atoms with E-state index in [-0.39, 0.29) is 12.4 Å². The van der Waals surface area contributed by atoms with Gasteiger partial charge >= 0.3 is 0 Å². The van der Waals surface area contributed by atoms with Crippen molar-refractivity contribution in [2.24, 2.45) is 5.14 Å². The second-order valence-electron chi connectivity index (χ2n) is 2.19. The van der Waals surface area contributed by atoms with Gasteiger partial charge in [-0.25, -0.2) is 18.5 Å². The summed E-state index contributed by atoms with van der Waals surface area (Å²) in [5.41, 5.74) is 0. The van der Waals surface area contributed by atoms with Gasteiger partial charge < -0.3 is 5.11 Å². The number of aliphatic hydroxyl groups is 1. The smallest absolute Gasteiger partial charge is 0.215 e. The number of thiazole rings is 1. The quantitative estimate of drug-likeness (QED) is 0.695. The summed E-state index contributed by atoms with van der Waals surface area (Å²) in [6.45, 7) is -0.123. The fourth-order valence-corrected chi connectivity index (χ4v) is 2.39. The van der Waals surface area contributed by atoms with Gasteiger partial charge in [0.25, 0.3) is 0 Å². The van der Waals surface area contributed by atoms with Crippen molar-refractivity contribution in [3.63, 3.8) is 0 Å². The Morgan fingerprint density at radius 1 is 1.67 bits per heavy atom. The average molecular weight is 208 g/mol. The summed E-state index contributed by atoms with van der Waals surface area (Å²) in [7, 11) is -3.51. The molecular weight excluding hydrogens is 200 g/mol. The number of sulfonamides is 1. The lowest BCUT2D eigenvalue weighted by Crippen LogP contribution is -2.14. The Morgan fingerprint density at radius 2 is 2.33 bits per heavy atom. The summed E-state index contributed by atoms with van der Waals surface area (Å²) >= 11 is 1.14. The van der Waals surface area contributed by atoms with Crippen LogP contribution in [0.5, 0.6) is 0 Å². The first-order valence-corrected chi connectivity index (χ1v) is 5.59. The van der Waals surface area contributed by atoms with Crippen molar-refractivity contribution in [2.75, 3.05) is 0 Å². The second kappa shape index (κ2) is 3.48. The highest BCUT2D eigenvalue weighted by Gasteiger charge is 2.08. The first-order chi connectivity index (χ1) is 5.51. The number of aromatic nitrogens is 1. The van der Waals surface area contributed by atoms with Gasteiger partial charge in [-0.2, -0.15) is 0 Å². The molecule has 0 aliphatic rings. The third kappa shape index (κ3) is 2.86. The molecule has 0 aliphatic carbocycles. The molecule has 1 heterocycles. The fourth-order valence-electron chi connectivity index (χ4n) is 0.660. The molecule has 0 aromatic carbocycles. The predicted octanol–water partition coefficient (Wildman–Crippen LogP) is -0.576. The third-order valence-corrected chi connectivity index (χ3v) is 2.92. The highest BCUT2D eigenvalue weighted by Crippen LogP contribution is 2.13. The first-order valence-electron chi connectivity index (χ1n) is 3.06. The van der Waals surface area contributed by atoms with Gasteiger partial charge in [0.15, 0.2) is 0 Å². The normalized spacial score (nSPS) is 11.8. The molecule has 0 fully saturated rings. The number of aliphatic hydroxyl groups excluding tert-OH is 1. The van der Waals surface area contributed by atoms with E-state index in [9.17, 15) is 8.42 Å². The number of rotatable bonds is 3. The molecule has 12 heavy (non-hydrogen) atoms. The van der Waals surface area contributed by atoms with Crippen molar-refractivity contribution in [3.8, 4) is 0 Å². The second-order valence-corrected chi connectivity index (χ2v) is 5.00. The summed E-state index contributed by atoms with van der Waals surface area (Å²) in [4.78, 5) is 4.40. The van der Waals surface area contributed by atoms with E-state index in [1.54, 1.807) is 0 Å². The van der Waals surface area contributed by atoms with Crippen molar-refractivity contribution in [1.29, 1.82) is 0 Å². The van der Waals surface area contributed by atoms with Gasteiger partial charge in [-0.3, -0.25) is 0 Å². The minimum atomic E-state index is -3.51. The van der Waals surface area contributed by atoms with Crippen LogP contribution in [0.3, 0.4) is 0 Å². The van der Waals surface area contributed by atoms with E-state index < -0.39 is 10.0 Å². The minimum absolute atomic E-state index is 0.123. The monoisotopic (exact) mass is 208 g/mol. The maximum Gasteiger partial charge on any atom is 0.215 e. The third-order valence-electron chi connectivity index (χ3n) is 1.08. The van der Waals surface area contributed by atoms with E-state index in [4.69, 9.17) is 10.2 Å². The molecule has 1 rings (SSSR count). The van der Waals surface area contributed by atoms with Crippen LogP contribution in [0.1, 0.15) is 9.88 Å². The molecule has 0 spiro atoms. The number of primary sulfonamides is 1. The summed E-state index contributed by atoms with van der Waals surface area (Å²) < 4.78 is 21.2. The number of nitrogens with zero attached hydrogens (tertiary/aromatic N) is 1. The zero-order valence-corrected chi connectivity index (χ0v) is 7.73. The van der Waals surface area contributed by atoms with Gasteiger partial charge in [0.1, 0.15) is 10.8 Å². The Hall–Kier alpha value is -0.500. The SMILES string of the molecule is NS(=O)(=O)Cc1ncc(CO)s1. The van der Waals surface area contributed by atoms with Crippen LogP contribution in [0, 0.1) is 0 Å². The lowest BCUT2D eigenvalue weighted by atomic mass is 10.6. The lowest BCUT2D eigenvalue weighted by molar-refractivity contribution is 0.285. The van der Waals surface area contributed by atoms with Crippen LogP contribution in [-0.4, -0.2) is 18.5 Å². The summed E-state index contributed by atoms with van der Waals surface area (Å²) in [6.07, 6.45) is 1.44. The lowest BCUT2D eigenvalue weighted by Gasteiger charge is -1.90. The molecule has 0 saturated carbocycles. The fraction of sp³-hybridized carbons (Fsp3) is 0.400. The Labute approximate surface area is 73.9 Å². The van der Waals surface area contributed by atoms with E-state index in [2.05, 4.69) is 4.98 Å². The van der Waals surface area contributed by atoms with Crippen molar-refractivity contribution < 1.29 is 13.5 Å². The highest BCUT2D eigenvalue weighted by atomic mass is 32.2. The maximum absolute atomic E-state index is 10.6. The molecule has 0 aliphatic heterocycles. The molecule has 0 amide bonds. The molecule has 3 N–H and O–H groups in total. The van der Waals surface area contributed by atoms with Crippen LogP contribution in [0.2, 0.25) is 0 Å².